The van der Waals surface area contributed by atoms with Gasteiger partial charge in [-0.25, -0.2) is 4.52 Å². The molecular weight excluding hydrogens is 298 g/mol. The van der Waals surface area contributed by atoms with E-state index in [0.29, 0.717) is 21.7 Å². The third-order valence-corrected chi connectivity index (χ3v) is 4.10. The standard InChI is InChI=1S/C15H9N5OS/c1-22-14-10(6-16)13-5-12(9-3-2-4-18-8-9)19-20(13)15(21)11(14)7-17/h2-5,8,19H,1H3. The molecule has 0 saturated carbocycles. The van der Waals surface area contributed by atoms with Gasteiger partial charge >= 0.3 is 0 Å². The molecule has 0 aliphatic carbocycles. The molecule has 6 nitrogen and oxygen atoms in total. The topological polar surface area (TPSA) is 97.7 Å². The molecule has 3 aromatic heterocycles. The van der Waals surface area contributed by atoms with Gasteiger partial charge in [0.15, 0.2) is 0 Å². The van der Waals surface area contributed by atoms with Gasteiger partial charge in [-0.15, -0.1) is 11.8 Å². The van der Waals surface area contributed by atoms with Crippen molar-refractivity contribution in [3.05, 3.63) is 52.1 Å². The van der Waals surface area contributed by atoms with Crippen molar-refractivity contribution in [1.82, 2.24) is 14.6 Å². The van der Waals surface area contributed by atoms with Crippen LogP contribution >= 0.6 is 11.8 Å². The lowest BCUT2D eigenvalue weighted by molar-refractivity contribution is 0.905. The zero-order valence-corrected chi connectivity index (χ0v) is 12.3. The molecule has 0 spiro atoms. The van der Waals surface area contributed by atoms with Gasteiger partial charge in [-0.1, -0.05) is 0 Å². The quantitative estimate of drug-likeness (QED) is 0.731. The molecule has 0 atom stereocenters. The number of nitriles is 2. The maximum Gasteiger partial charge on any atom is 0.288 e. The van der Waals surface area contributed by atoms with Crippen molar-refractivity contribution in [2.24, 2.45) is 0 Å². The predicted molar refractivity (Wildman–Crippen MR) is 82.5 cm³/mol. The first-order valence-corrected chi connectivity index (χ1v) is 7.50. The Balaban J connectivity index is 2.43. The van der Waals surface area contributed by atoms with Crippen LogP contribution in [0.5, 0.6) is 0 Å². The number of H-pyrrole nitrogens is 1. The summed E-state index contributed by atoms with van der Waals surface area (Å²) in [6.07, 6.45) is 5.04. The average molecular weight is 307 g/mol. The largest absolute Gasteiger partial charge is 0.290 e. The van der Waals surface area contributed by atoms with Crippen LogP contribution in [0.2, 0.25) is 0 Å². The summed E-state index contributed by atoms with van der Waals surface area (Å²) in [6.45, 7) is 0. The first-order chi connectivity index (χ1) is 10.7. The number of pyridine rings is 2. The van der Waals surface area contributed by atoms with Gasteiger partial charge in [0.25, 0.3) is 5.56 Å². The molecule has 0 aliphatic rings. The maximum absolute atomic E-state index is 12.4. The summed E-state index contributed by atoms with van der Waals surface area (Å²) in [5.74, 6) is 0. The Morgan fingerprint density at radius 2 is 2.09 bits per heavy atom. The van der Waals surface area contributed by atoms with Crippen LogP contribution in [0.25, 0.3) is 16.8 Å². The monoisotopic (exact) mass is 307 g/mol. The summed E-state index contributed by atoms with van der Waals surface area (Å²) in [5.41, 5.74) is 1.73. The molecule has 22 heavy (non-hydrogen) atoms. The van der Waals surface area contributed by atoms with E-state index in [2.05, 4.69) is 16.2 Å². The van der Waals surface area contributed by atoms with Crippen LogP contribution < -0.4 is 5.56 Å². The lowest BCUT2D eigenvalue weighted by atomic mass is 10.1. The van der Waals surface area contributed by atoms with Crippen LogP contribution in [-0.4, -0.2) is 20.9 Å². The van der Waals surface area contributed by atoms with Gasteiger partial charge in [-0.2, -0.15) is 10.5 Å². The highest BCUT2D eigenvalue weighted by Gasteiger charge is 2.19. The van der Waals surface area contributed by atoms with E-state index in [4.69, 9.17) is 0 Å². The molecule has 1 N–H and O–H groups in total. The van der Waals surface area contributed by atoms with Gasteiger partial charge in [0.1, 0.15) is 17.7 Å². The second kappa shape index (κ2) is 5.40. The number of nitrogens with one attached hydrogen (secondary N) is 1. The summed E-state index contributed by atoms with van der Waals surface area (Å²) in [7, 11) is 0. The van der Waals surface area contributed by atoms with Crippen LogP contribution in [0.3, 0.4) is 0 Å². The van der Waals surface area contributed by atoms with Crippen molar-refractivity contribution in [3.63, 3.8) is 0 Å². The van der Waals surface area contributed by atoms with Crippen LogP contribution in [0.4, 0.5) is 0 Å². The normalized spacial score (nSPS) is 10.3. The zero-order chi connectivity index (χ0) is 15.7. The first-order valence-electron chi connectivity index (χ1n) is 6.27. The zero-order valence-electron chi connectivity index (χ0n) is 11.5. The number of aromatic nitrogens is 3. The molecule has 0 radical (unpaired) electrons. The molecule has 0 aliphatic heterocycles. The van der Waals surface area contributed by atoms with E-state index in [1.807, 2.05) is 12.1 Å². The fourth-order valence-corrected chi connectivity index (χ4v) is 2.98. The van der Waals surface area contributed by atoms with E-state index in [9.17, 15) is 15.3 Å². The van der Waals surface area contributed by atoms with E-state index >= 15 is 0 Å². The highest BCUT2D eigenvalue weighted by atomic mass is 32.2. The smallest absolute Gasteiger partial charge is 0.288 e. The van der Waals surface area contributed by atoms with Crippen LogP contribution in [0, 0.1) is 22.7 Å². The number of thioether (sulfide) groups is 1. The minimum Gasteiger partial charge on any atom is -0.290 e. The van der Waals surface area contributed by atoms with Gasteiger partial charge in [0, 0.05) is 18.0 Å². The van der Waals surface area contributed by atoms with E-state index in [1.165, 1.54) is 16.3 Å². The summed E-state index contributed by atoms with van der Waals surface area (Å²) in [6, 6.07) is 9.33. The van der Waals surface area contributed by atoms with Crippen LogP contribution in [-0.2, 0) is 0 Å². The Hall–Kier alpha value is -3.03. The van der Waals surface area contributed by atoms with Gasteiger partial charge < -0.3 is 0 Å². The summed E-state index contributed by atoms with van der Waals surface area (Å²) in [4.78, 5) is 16.9. The van der Waals surface area contributed by atoms with Gasteiger partial charge in [-0.3, -0.25) is 14.9 Å². The molecule has 0 bridgehead atoms. The van der Waals surface area contributed by atoms with Gasteiger partial charge in [0.05, 0.1) is 21.7 Å². The Morgan fingerprint density at radius 3 is 2.68 bits per heavy atom. The first kappa shape index (κ1) is 13.9. The number of hydrogen-bond donors (Lipinski definition) is 1. The third kappa shape index (κ3) is 1.96. The second-order valence-electron chi connectivity index (χ2n) is 4.44. The minimum absolute atomic E-state index is 0.0267. The highest BCUT2D eigenvalue weighted by Crippen LogP contribution is 2.27. The molecule has 3 rings (SSSR count). The second-order valence-corrected chi connectivity index (χ2v) is 5.26. The van der Waals surface area contributed by atoms with E-state index in [1.54, 1.807) is 30.8 Å². The fourth-order valence-electron chi connectivity index (χ4n) is 2.29. The molecular formula is C15H9N5OS. The average Bonchev–Trinajstić information content (AvgIpc) is 3.01. The van der Waals surface area contributed by atoms with Crippen LogP contribution in [0.15, 0.2) is 40.3 Å². The minimum atomic E-state index is -0.462. The maximum atomic E-state index is 12.4. The fraction of sp³-hybridized carbons (Fsp3) is 0.0667. The SMILES string of the molecule is CSc1c(C#N)c(=O)n2[nH]c(-c3cccnc3)cc2c1C#N. The van der Waals surface area contributed by atoms with Crippen molar-refractivity contribution in [1.29, 1.82) is 10.5 Å². The van der Waals surface area contributed by atoms with E-state index < -0.39 is 5.56 Å². The Morgan fingerprint density at radius 1 is 1.32 bits per heavy atom. The van der Waals surface area contributed by atoms with Crippen molar-refractivity contribution in [2.45, 2.75) is 4.90 Å². The molecule has 0 saturated heterocycles. The molecule has 0 unspecified atom stereocenters. The molecule has 3 heterocycles. The number of fused-ring (bicyclic) bond motifs is 1. The summed E-state index contributed by atoms with van der Waals surface area (Å²) >= 11 is 1.22. The van der Waals surface area contributed by atoms with Crippen LogP contribution in [0.1, 0.15) is 11.1 Å². The third-order valence-electron chi connectivity index (χ3n) is 3.28. The molecule has 0 fully saturated rings. The van der Waals surface area contributed by atoms with Gasteiger partial charge in [0.2, 0.25) is 0 Å². The van der Waals surface area contributed by atoms with E-state index in [0.717, 1.165) is 5.56 Å². The number of hydrogen-bond acceptors (Lipinski definition) is 5. The van der Waals surface area contributed by atoms with Crippen molar-refractivity contribution >= 4 is 17.3 Å². The summed E-state index contributed by atoms with van der Waals surface area (Å²) in [5, 5.41) is 21.6. The Labute approximate surface area is 129 Å². The number of aromatic amines is 1. The van der Waals surface area contributed by atoms with Crippen molar-refractivity contribution in [2.75, 3.05) is 6.26 Å². The number of nitrogens with zero attached hydrogens (tertiary/aromatic N) is 4. The lowest BCUT2D eigenvalue weighted by Gasteiger charge is -2.04. The van der Waals surface area contributed by atoms with Crippen molar-refractivity contribution < 1.29 is 0 Å². The number of rotatable bonds is 2. The van der Waals surface area contributed by atoms with Crippen molar-refractivity contribution in [3.8, 4) is 23.4 Å². The molecule has 106 valence electrons. The highest BCUT2D eigenvalue weighted by molar-refractivity contribution is 7.98. The van der Waals surface area contributed by atoms with E-state index in [-0.39, 0.29) is 5.56 Å². The Bertz CT molecular complexity index is 1000. The predicted octanol–water partition coefficient (Wildman–Crippen LogP) is 2.15. The molecule has 0 aromatic carbocycles. The van der Waals surface area contributed by atoms with Gasteiger partial charge in [-0.05, 0) is 24.5 Å². The molecule has 3 aromatic rings. The molecule has 0 amide bonds. The molecule has 7 heteroatoms. The Kier molecular flexibility index (Phi) is 3.42. The summed E-state index contributed by atoms with van der Waals surface area (Å²) < 4.78 is 1.24. The lowest BCUT2D eigenvalue weighted by Crippen LogP contribution is -2.19.